The van der Waals surface area contributed by atoms with E-state index in [1.807, 2.05) is 37.9 Å². The summed E-state index contributed by atoms with van der Waals surface area (Å²) in [5.74, 6) is 0.0693. The van der Waals surface area contributed by atoms with E-state index in [0.29, 0.717) is 25.2 Å². The molecule has 2 aliphatic carbocycles. The summed E-state index contributed by atoms with van der Waals surface area (Å²) in [6.07, 6.45) is 10.0. The zero-order chi connectivity index (χ0) is 19.7. The van der Waals surface area contributed by atoms with Crippen molar-refractivity contribution in [2.75, 3.05) is 7.05 Å². The molecule has 0 N–H and O–H groups in total. The Bertz CT molecular complexity index is 593. The molecule has 27 heavy (non-hydrogen) atoms. The largest absolute Gasteiger partial charge is 0.341 e. The molecule has 3 atom stereocenters. The lowest BCUT2D eigenvalue weighted by Crippen LogP contribution is -2.53. The Morgan fingerprint density at radius 2 is 1.59 bits per heavy atom. The maximum Gasteiger partial charge on any atom is 0.245 e. The molecule has 1 heterocycles. The summed E-state index contributed by atoms with van der Waals surface area (Å²) in [4.78, 5) is 42.6. The molecule has 5 nitrogen and oxygen atoms in total. The zero-order valence-corrected chi connectivity index (χ0v) is 17.2. The normalized spacial score (nSPS) is 32.0. The molecule has 3 amide bonds. The van der Waals surface area contributed by atoms with Crippen molar-refractivity contribution >= 4 is 17.7 Å². The van der Waals surface area contributed by atoms with Crippen LogP contribution in [0.25, 0.3) is 0 Å². The average molecular weight is 375 g/mol. The number of fused-ring (bicyclic) bond motifs is 1. The Labute approximate surface area is 163 Å². The minimum atomic E-state index is -0.653. The number of hydrogen-bond acceptors (Lipinski definition) is 3. The highest BCUT2D eigenvalue weighted by Crippen LogP contribution is 2.37. The molecule has 0 bridgehead atoms. The maximum atomic E-state index is 13.4. The molecule has 0 aromatic rings. The first-order valence-electron chi connectivity index (χ1n) is 10.6. The van der Waals surface area contributed by atoms with Gasteiger partial charge in [0.15, 0.2) is 0 Å². The summed E-state index contributed by atoms with van der Waals surface area (Å²) >= 11 is 0. The van der Waals surface area contributed by atoms with Crippen molar-refractivity contribution in [3.8, 4) is 0 Å². The quantitative estimate of drug-likeness (QED) is 0.547. The number of hydrogen-bond donors (Lipinski definition) is 0. The number of allylic oxidation sites excluding steroid dienone is 2. The van der Waals surface area contributed by atoms with Gasteiger partial charge in [0, 0.05) is 13.1 Å². The number of amides is 3. The van der Waals surface area contributed by atoms with Crippen LogP contribution in [-0.4, -0.2) is 46.7 Å². The van der Waals surface area contributed by atoms with E-state index in [2.05, 4.69) is 6.92 Å². The van der Waals surface area contributed by atoms with Crippen LogP contribution in [0.5, 0.6) is 0 Å². The van der Waals surface area contributed by atoms with Gasteiger partial charge in [-0.05, 0) is 56.8 Å². The molecule has 0 aromatic carbocycles. The van der Waals surface area contributed by atoms with Crippen LogP contribution < -0.4 is 0 Å². The zero-order valence-electron chi connectivity index (χ0n) is 17.2. The summed E-state index contributed by atoms with van der Waals surface area (Å²) in [6.45, 7) is 6.35. The van der Waals surface area contributed by atoms with Crippen LogP contribution >= 0.6 is 0 Å². The topological polar surface area (TPSA) is 57.7 Å². The second-order valence-corrected chi connectivity index (χ2v) is 9.21. The Morgan fingerprint density at radius 3 is 2.07 bits per heavy atom. The van der Waals surface area contributed by atoms with E-state index in [9.17, 15) is 14.4 Å². The first kappa shape index (κ1) is 20.1. The highest BCUT2D eigenvalue weighted by molar-refractivity contribution is 6.08. The van der Waals surface area contributed by atoms with Crippen LogP contribution in [0.15, 0.2) is 12.2 Å². The fourth-order valence-electron chi connectivity index (χ4n) is 4.94. The lowest BCUT2D eigenvalue weighted by atomic mass is 9.85. The van der Waals surface area contributed by atoms with Gasteiger partial charge in [0.1, 0.15) is 6.04 Å². The van der Waals surface area contributed by atoms with Gasteiger partial charge in [-0.3, -0.25) is 19.3 Å². The number of carbonyl (C=O) groups excluding carboxylic acids is 3. The molecule has 5 heteroatoms. The Kier molecular flexibility index (Phi) is 6.07. The van der Waals surface area contributed by atoms with E-state index in [1.165, 1.54) is 4.90 Å². The third-order valence-corrected chi connectivity index (χ3v) is 6.71. The van der Waals surface area contributed by atoms with Crippen LogP contribution in [0.2, 0.25) is 0 Å². The minimum Gasteiger partial charge on any atom is -0.341 e. The fourth-order valence-corrected chi connectivity index (χ4v) is 4.94. The SMILES string of the molecule is CC(C)CC(C(=O)N(C)C1CCC(C)CC1)N1C(=O)C2CC=CCC2C1=O. The summed E-state index contributed by atoms with van der Waals surface area (Å²) in [7, 11) is 1.86. The second-order valence-electron chi connectivity index (χ2n) is 9.21. The lowest BCUT2D eigenvalue weighted by molar-refractivity contribution is -0.153. The van der Waals surface area contributed by atoms with Crippen molar-refractivity contribution in [3.05, 3.63) is 12.2 Å². The highest BCUT2D eigenvalue weighted by atomic mass is 16.2. The van der Waals surface area contributed by atoms with E-state index in [0.717, 1.165) is 25.7 Å². The van der Waals surface area contributed by atoms with Crippen molar-refractivity contribution < 1.29 is 14.4 Å². The molecule has 1 saturated carbocycles. The maximum absolute atomic E-state index is 13.4. The third kappa shape index (κ3) is 3.97. The van der Waals surface area contributed by atoms with E-state index >= 15 is 0 Å². The number of rotatable bonds is 5. The van der Waals surface area contributed by atoms with Gasteiger partial charge in [-0.2, -0.15) is 0 Å². The van der Waals surface area contributed by atoms with E-state index in [-0.39, 0.29) is 41.5 Å². The molecule has 1 aliphatic heterocycles. The van der Waals surface area contributed by atoms with Crippen molar-refractivity contribution in [1.29, 1.82) is 0 Å². The smallest absolute Gasteiger partial charge is 0.245 e. The Hall–Kier alpha value is -1.65. The number of imide groups is 1. The van der Waals surface area contributed by atoms with Gasteiger partial charge in [-0.25, -0.2) is 0 Å². The van der Waals surface area contributed by atoms with Crippen LogP contribution in [0.4, 0.5) is 0 Å². The standard InChI is InChI=1S/C22H34N2O3/c1-14(2)13-19(22(27)23(4)16-11-9-15(3)10-12-16)24-20(25)17-7-5-6-8-18(17)21(24)26/h5-6,14-19H,7-13H2,1-4H3. The van der Waals surface area contributed by atoms with Gasteiger partial charge in [0.05, 0.1) is 11.8 Å². The van der Waals surface area contributed by atoms with Crippen molar-refractivity contribution in [2.45, 2.75) is 77.8 Å². The van der Waals surface area contributed by atoms with E-state index in [1.54, 1.807) is 0 Å². The molecule has 2 fully saturated rings. The van der Waals surface area contributed by atoms with Crippen molar-refractivity contribution in [1.82, 2.24) is 9.80 Å². The third-order valence-electron chi connectivity index (χ3n) is 6.71. The molecule has 0 radical (unpaired) electrons. The fraction of sp³-hybridized carbons (Fsp3) is 0.773. The van der Waals surface area contributed by atoms with Gasteiger partial charge in [0.25, 0.3) is 0 Å². The van der Waals surface area contributed by atoms with Crippen LogP contribution in [0.3, 0.4) is 0 Å². The monoisotopic (exact) mass is 374 g/mol. The summed E-state index contributed by atoms with van der Waals surface area (Å²) < 4.78 is 0. The summed E-state index contributed by atoms with van der Waals surface area (Å²) in [6, 6.07) is -0.430. The second kappa shape index (κ2) is 8.15. The molecular formula is C22H34N2O3. The Balaban J connectivity index is 1.80. The van der Waals surface area contributed by atoms with E-state index < -0.39 is 6.04 Å². The average Bonchev–Trinajstić information content (AvgIpc) is 2.90. The van der Waals surface area contributed by atoms with Gasteiger partial charge < -0.3 is 4.90 Å². The number of likely N-dealkylation sites (N-methyl/N-ethyl adjacent to an activating group) is 1. The van der Waals surface area contributed by atoms with Gasteiger partial charge in [-0.15, -0.1) is 0 Å². The van der Waals surface area contributed by atoms with Crippen LogP contribution in [0, 0.1) is 23.7 Å². The number of nitrogens with zero attached hydrogens (tertiary/aromatic N) is 2. The lowest BCUT2D eigenvalue weighted by Gasteiger charge is -2.37. The summed E-state index contributed by atoms with van der Waals surface area (Å²) in [5, 5.41) is 0. The van der Waals surface area contributed by atoms with Crippen molar-refractivity contribution in [2.24, 2.45) is 23.7 Å². The number of likely N-dealkylation sites (tertiary alicyclic amines) is 1. The van der Waals surface area contributed by atoms with E-state index in [4.69, 9.17) is 0 Å². The first-order valence-corrected chi connectivity index (χ1v) is 10.6. The first-order chi connectivity index (χ1) is 12.8. The van der Waals surface area contributed by atoms with Gasteiger partial charge in [-0.1, -0.05) is 32.9 Å². The molecule has 0 spiro atoms. The van der Waals surface area contributed by atoms with Gasteiger partial charge >= 0.3 is 0 Å². The molecule has 3 rings (SSSR count). The van der Waals surface area contributed by atoms with Crippen LogP contribution in [0.1, 0.15) is 65.7 Å². The molecule has 150 valence electrons. The molecule has 3 aliphatic rings. The molecular weight excluding hydrogens is 340 g/mol. The predicted molar refractivity (Wildman–Crippen MR) is 105 cm³/mol. The predicted octanol–water partition coefficient (Wildman–Crippen LogP) is 3.39. The summed E-state index contributed by atoms with van der Waals surface area (Å²) in [5.41, 5.74) is 0. The molecule has 3 unspecified atom stereocenters. The molecule has 1 saturated heterocycles. The van der Waals surface area contributed by atoms with Gasteiger partial charge in [0.2, 0.25) is 17.7 Å². The highest BCUT2D eigenvalue weighted by Gasteiger charge is 2.51. The number of carbonyl (C=O) groups is 3. The Morgan fingerprint density at radius 1 is 1.07 bits per heavy atom. The van der Waals surface area contributed by atoms with Crippen LogP contribution in [-0.2, 0) is 14.4 Å². The van der Waals surface area contributed by atoms with Crippen molar-refractivity contribution in [3.63, 3.8) is 0 Å². The minimum absolute atomic E-state index is 0.0587. The molecule has 0 aromatic heterocycles.